The summed E-state index contributed by atoms with van der Waals surface area (Å²) in [6.45, 7) is 0. The highest BCUT2D eigenvalue weighted by Crippen LogP contribution is 2.42. The summed E-state index contributed by atoms with van der Waals surface area (Å²) >= 11 is 0. The minimum Gasteiger partial charge on any atom is -0.291 e. The van der Waals surface area contributed by atoms with Gasteiger partial charge in [0.1, 0.15) is 0 Å². The molecule has 0 radical (unpaired) electrons. The van der Waals surface area contributed by atoms with E-state index in [9.17, 15) is 20.1 Å². The van der Waals surface area contributed by atoms with Gasteiger partial charge in [-0.25, -0.2) is 0 Å². The second-order valence-corrected chi connectivity index (χ2v) is 10.7. The number of hydrogen-bond acceptors (Lipinski definition) is 4. The van der Waals surface area contributed by atoms with Gasteiger partial charge in [-0.05, 0) is 58.7 Å². The number of amides is 2. The Bertz CT molecular complexity index is 1760. The monoisotopic (exact) mass is 572 g/mol. The lowest BCUT2D eigenvalue weighted by Crippen LogP contribution is -2.47. The van der Waals surface area contributed by atoms with Gasteiger partial charge in [-0.1, -0.05) is 97.1 Å². The first-order valence-electron chi connectivity index (χ1n) is 14.3. The van der Waals surface area contributed by atoms with Crippen molar-refractivity contribution < 1.29 is 9.59 Å². The van der Waals surface area contributed by atoms with Gasteiger partial charge in [-0.15, -0.1) is 0 Å². The van der Waals surface area contributed by atoms with Gasteiger partial charge >= 0.3 is 0 Å². The number of fused-ring (bicyclic) bond motifs is 2. The molecule has 0 aromatic heterocycles. The molecule has 0 saturated heterocycles. The van der Waals surface area contributed by atoms with E-state index in [1.807, 2.05) is 85.0 Å². The first-order chi connectivity index (χ1) is 21.5. The van der Waals surface area contributed by atoms with Crippen molar-refractivity contribution >= 4 is 24.0 Å². The Balaban J connectivity index is 1.37. The number of rotatable bonds is 6. The Hall–Kier alpha value is -5.98. The lowest BCUT2D eigenvalue weighted by atomic mass is 9.79. The van der Waals surface area contributed by atoms with Crippen LogP contribution in [0.2, 0.25) is 0 Å². The third-order valence-electron chi connectivity index (χ3n) is 8.28. The minimum atomic E-state index is -1.32. The molecule has 2 atom stereocenters. The summed E-state index contributed by atoms with van der Waals surface area (Å²) in [5, 5.41) is 21.5. The number of hydrogen-bond donors (Lipinski definition) is 0. The largest absolute Gasteiger partial charge is 0.291 e. The highest BCUT2D eigenvalue weighted by molar-refractivity contribution is 5.97. The molecule has 2 aliphatic heterocycles. The minimum absolute atomic E-state index is 0.176. The highest BCUT2D eigenvalue weighted by atomic mass is 16.2. The van der Waals surface area contributed by atoms with E-state index in [1.54, 1.807) is 60.9 Å². The van der Waals surface area contributed by atoms with Crippen LogP contribution in [0.4, 0.5) is 0 Å². The van der Waals surface area contributed by atoms with Gasteiger partial charge in [0.05, 0.1) is 12.1 Å². The second kappa shape index (κ2) is 11.7. The maximum absolute atomic E-state index is 13.8. The number of nitriles is 2. The van der Waals surface area contributed by atoms with Crippen molar-refractivity contribution in [1.82, 2.24) is 9.80 Å². The van der Waals surface area contributed by atoms with E-state index in [0.29, 0.717) is 11.1 Å². The van der Waals surface area contributed by atoms with Crippen molar-refractivity contribution in [1.29, 1.82) is 10.5 Å². The molecular weight excluding hydrogens is 544 g/mol. The number of nitrogens with zero attached hydrogens (tertiary/aromatic N) is 4. The van der Waals surface area contributed by atoms with E-state index in [-0.39, 0.29) is 24.7 Å². The lowest BCUT2D eigenvalue weighted by Gasteiger charge is -2.41. The smallest absolute Gasteiger partial charge is 0.259 e. The van der Waals surface area contributed by atoms with Crippen molar-refractivity contribution in [2.45, 2.75) is 23.9 Å². The fourth-order valence-electron chi connectivity index (χ4n) is 6.03. The van der Waals surface area contributed by atoms with Crippen molar-refractivity contribution in [2.24, 2.45) is 0 Å². The zero-order valence-electron chi connectivity index (χ0n) is 23.9. The van der Waals surface area contributed by atoms with Gasteiger partial charge < -0.3 is 0 Å². The van der Waals surface area contributed by atoms with Crippen LogP contribution in [0.15, 0.2) is 134 Å². The summed E-state index contributed by atoms with van der Waals surface area (Å²) in [5.74, 6) is -0.573. The van der Waals surface area contributed by atoms with E-state index in [0.717, 1.165) is 22.3 Å². The van der Waals surface area contributed by atoms with Gasteiger partial charge in [0.2, 0.25) is 0 Å². The molecule has 6 rings (SSSR count). The summed E-state index contributed by atoms with van der Waals surface area (Å²) in [7, 11) is 0. The maximum atomic E-state index is 13.8. The lowest BCUT2D eigenvalue weighted by molar-refractivity contribution is 0.0687. The van der Waals surface area contributed by atoms with E-state index < -0.39 is 11.1 Å². The van der Waals surface area contributed by atoms with Crippen molar-refractivity contribution in [3.63, 3.8) is 0 Å². The molecule has 0 fully saturated rings. The molecule has 0 spiro atoms. The zero-order chi connectivity index (χ0) is 30.6. The molecule has 6 heteroatoms. The maximum Gasteiger partial charge on any atom is 0.259 e. The van der Waals surface area contributed by atoms with Gasteiger partial charge in [0.25, 0.3) is 11.8 Å². The molecule has 0 saturated carbocycles. The average Bonchev–Trinajstić information content (AvgIpc) is 3.10. The standard InChI is InChI=1S/C38H28N4O2/c39-27-37(33-19-9-7-13-29(33)21-25-41(37)35(43)31-15-3-1-4-16-31)23-11-12-24-38(28-40)34-20-10-8-14-30(34)22-26-42(38)36(44)32-17-5-2-6-18-32/h1-22,25-26H,23-24H2/b12-11+. The van der Waals surface area contributed by atoms with Gasteiger partial charge in [0.15, 0.2) is 11.1 Å². The quantitative estimate of drug-likeness (QED) is 0.225. The Morgan fingerprint density at radius 2 is 0.932 bits per heavy atom. The molecule has 212 valence electrons. The van der Waals surface area contributed by atoms with Crippen LogP contribution in [0.3, 0.4) is 0 Å². The topological polar surface area (TPSA) is 88.2 Å². The first kappa shape index (κ1) is 28.2. The Labute approximate surface area is 256 Å². The molecule has 0 aliphatic carbocycles. The van der Waals surface area contributed by atoms with E-state index >= 15 is 0 Å². The van der Waals surface area contributed by atoms with Crippen molar-refractivity contribution in [3.8, 4) is 12.1 Å². The number of carbonyl (C=O) groups excluding carboxylic acids is 2. The molecule has 6 nitrogen and oxygen atoms in total. The van der Waals surface area contributed by atoms with E-state index in [2.05, 4.69) is 12.1 Å². The Morgan fingerprint density at radius 3 is 1.32 bits per heavy atom. The Kier molecular flexibility index (Phi) is 7.50. The van der Waals surface area contributed by atoms with E-state index in [4.69, 9.17) is 0 Å². The summed E-state index contributed by atoms with van der Waals surface area (Å²) in [5.41, 5.74) is 1.48. The van der Waals surface area contributed by atoms with Gasteiger partial charge in [-0.2, -0.15) is 10.5 Å². The van der Waals surface area contributed by atoms with Crippen molar-refractivity contribution in [3.05, 3.63) is 167 Å². The molecule has 2 heterocycles. The fourth-order valence-corrected chi connectivity index (χ4v) is 6.03. The van der Waals surface area contributed by atoms with Gasteiger partial charge in [-0.3, -0.25) is 19.4 Å². The van der Waals surface area contributed by atoms with Crippen LogP contribution in [0.1, 0.15) is 55.8 Å². The molecule has 4 aromatic carbocycles. The third-order valence-corrected chi connectivity index (χ3v) is 8.28. The predicted molar refractivity (Wildman–Crippen MR) is 169 cm³/mol. The van der Waals surface area contributed by atoms with Crippen LogP contribution in [-0.2, 0) is 11.1 Å². The normalized spacial score (nSPS) is 20.0. The third kappa shape index (κ3) is 4.69. The summed E-state index contributed by atoms with van der Waals surface area (Å²) in [4.78, 5) is 30.5. The molecule has 0 bridgehead atoms. The molecular formula is C38H28N4O2. The number of benzene rings is 4. The zero-order valence-corrected chi connectivity index (χ0v) is 23.9. The highest BCUT2D eigenvalue weighted by Gasteiger charge is 2.45. The molecule has 2 aliphatic rings. The molecule has 0 N–H and O–H groups in total. The summed E-state index contributed by atoms with van der Waals surface area (Å²) in [6, 6.07) is 37.9. The summed E-state index contributed by atoms with van der Waals surface area (Å²) < 4.78 is 0. The fraction of sp³-hybridized carbons (Fsp3) is 0.105. The van der Waals surface area contributed by atoms with Crippen LogP contribution >= 0.6 is 0 Å². The SMILES string of the molecule is N#CC1(C/C=C/CC2(C#N)c3ccccc3C=CN2C(=O)c2ccccc2)c2ccccc2C=CN1C(=O)c1ccccc1. The molecule has 2 amide bonds. The van der Waals surface area contributed by atoms with Crippen LogP contribution in [-0.4, -0.2) is 21.6 Å². The van der Waals surface area contributed by atoms with Crippen LogP contribution < -0.4 is 0 Å². The van der Waals surface area contributed by atoms with Crippen LogP contribution in [0.25, 0.3) is 12.2 Å². The average molecular weight is 573 g/mol. The number of carbonyl (C=O) groups is 2. The van der Waals surface area contributed by atoms with E-state index in [1.165, 1.54) is 9.80 Å². The van der Waals surface area contributed by atoms with Crippen molar-refractivity contribution in [2.75, 3.05) is 0 Å². The molecule has 4 aromatic rings. The van der Waals surface area contributed by atoms with Crippen LogP contribution in [0, 0.1) is 22.7 Å². The summed E-state index contributed by atoms with van der Waals surface area (Å²) in [6.07, 6.45) is 11.1. The second-order valence-electron chi connectivity index (χ2n) is 10.7. The molecule has 44 heavy (non-hydrogen) atoms. The van der Waals surface area contributed by atoms with Crippen LogP contribution in [0.5, 0.6) is 0 Å². The Morgan fingerprint density at radius 1 is 0.568 bits per heavy atom. The first-order valence-corrected chi connectivity index (χ1v) is 14.3. The predicted octanol–water partition coefficient (Wildman–Crippen LogP) is 7.41. The van der Waals surface area contributed by atoms with Gasteiger partial charge in [0, 0.05) is 36.4 Å². The molecule has 2 unspecified atom stereocenters.